The lowest BCUT2D eigenvalue weighted by Gasteiger charge is -2.40. The third-order valence-electron chi connectivity index (χ3n) is 6.89. The first kappa shape index (κ1) is 24.7. The van der Waals surface area contributed by atoms with Crippen LogP contribution in [0.25, 0.3) is 0 Å². The van der Waals surface area contributed by atoms with Crippen molar-refractivity contribution >= 4 is 23.3 Å². The maximum atomic E-state index is 12.6. The Balaban J connectivity index is 1.60. The number of benzene rings is 1. The van der Waals surface area contributed by atoms with Crippen LogP contribution in [0.15, 0.2) is 12.1 Å². The normalized spacial score (nSPS) is 19.6. The number of carbonyl (C=O) groups is 2. The smallest absolute Gasteiger partial charge is 0.223 e. The molecule has 1 saturated carbocycles. The Hall–Kier alpha value is -1.90. The first-order chi connectivity index (χ1) is 15.1. The minimum Gasteiger partial charge on any atom is -0.337 e. The van der Waals surface area contributed by atoms with Crippen molar-refractivity contribution in [2.75, 3.05) is 19.6 Å². The van der Waals surface area contributed by atoms with Gasteiger partial charge in [-0.2, -0.15) is 5.26 Å². The van der Waals surface area contributed by atoms with Crippen LogP contribution >= 0.6 is 11.6 Å². The first-order valence-corrected chi connectivity index (χ1v) is 12.2. The third-order valence-corrected chi connectivity index (χ3v) is 7.11. The molecule has 1 aromatic carbocycles. The van der Waals surface area contributed by atoms with Crippen LogP contribution in [0.2, 0.25) is 5.02 Å². The highest BCUT2D eigenvalue weighted by Crippen LogP contribution is 2.33. The number of hydrogen-bond acceptors (Lipinski definition) is 4. The fraction of sp³-hybridized carbons (Fsp3) is 0.654. The largest absolute Gasteiger partial charge is 0.337 e. The number of ketones is 1. The van der Waals surface area contributed by atoms with Crippen molar-refractivity contribution in [2.24, 2.45) is 11.3 Å². The Kier molecular flexibility index (Phi) is 8.01. The molecule has 0 aromatic heterocycles. The predicted molar refractivity (Wildman–Crippen MR) is 127 cm³/mol. The number of hydrogen-bond donors (Lipinski definition) is 0. The Morgan fingerprint density at radius 1 is 1.22 bits per heavy atom. The molecule has 6 heteroatoms. The van der Waals surface area contributed by atoms with E-state index >= 15 is 0 Å². The van der Waals surface area contributed by atoms with E-state index in [1.54, 1.807) is 0 Å². The van der Waals surface area contributed by atoms with Crippen molar-refractivity contribution in [3.8, 4) is 6.07 Å². The van der Waals surface area contributed by atoms with Crippen molar-refractivity contribution in [3.63, 3.8) is 0 Å². The predicted octanol–water partition coefficient (Wildman–Crippen LogP) is 4.92. The molecule has 0 unspecified atom stereocenters. The summed E-state index contributed by atoms with van der Waals surface area (Å²) in [5.74, 6) is 1.06. The zero-order valence-electron chi connectivity index (χ0n) is 19.9. The molecule has 32 heavy (non-hydrogen) atoms. The second-order valence-corrected chi connectivity index (χ2v) is 10.8. The SMILES string of the molecule is Cc1c(CC(=O)CCC(C)(C)C#N)cc(Cl)cc1CN1CCN(C(=O)CC2CC2)[C@@H](C)C1. The van der Waals surface area contributed by atoms with Crippen molar-refractivity contribution in [2.45, 2.75) is 78.8 Å². The summed E-state index contributed by atoms with van der Waals surface area (Å²) in [5.41, 5.74) is 2.74. The molecule has 1 amide bonds. The lowest BCUT2D eigenvalue weighted by Crippen LogP contribution is -2.53. The van der Waals surface area contributed by atoms with Crippen LogP contribution in [0.4, 0.5) is 0 Å². The average Bonchev–Trinajstić information content (AvgIpc) is 3.54. The number of nitrogens with zero attached hydrogens (tertiary/aromatic N) is 3. The zero-order valence-corrected chi connectivity index (χ0v) is 20.7. The van der Waals surface area contributed by atoms with Crippen LogP contribution < -0.4 is 0 Å². The van der Waals surface area contributed by atoms with E-state index in [-0.39, 0.29) is 11.8 Å². The van der Waals surface area contributed by atoms with Crippen LogP contribution in [-0.2, 0) is 22.6 Å². The molecule has 2 fully saturated rings. The molecule has 5 nitrogen and oxygen atoms in total. The summed E-state index contributed by atoms with van der Waals surface area (Å²) < 4.78 is 0. The second kappa shape index (κ2) is 10.4. The quantitative estimate of drug-likeness (QED) is 0.527. The number of rotatable bonds is 9. The Morgan fingerprint density at radius 3 is 2.53 bits per heavy atom. The molecule has 0 bridgehead atoms. The van der Waals surface area contributed by atoms with Crippen LogP contribution in [0.1, 0.15) is 69.6 Å². The highest BCUT2D eigenvalue weighted by atomic mass is 35.5. The van der Waals surface area contributed by atoms with E-state index in [1.807, 2.05) is 30.9 Å². The second-order valence-electron chi connectivity index (χ2n) is 10.4. The minimum atomic E-state index is -0.483. The van der Waals surface area contributed by atoms with Crippen LogP contribution in [-0.4, -0.2) is 47.2 Å². The Morgan fingerprint density at radius 2 is 1.91 bits per heavy atom. The van der Waals surface area contributed by atoms with E-state index in [9.17, 15) is 14.9 Å². The van der Waals surface area contributed by atoms with Gasteiger partial charge >= 0.3 is 0 Å². The lowest BCUT2D eigenvalue weighted by atomic mass is 9.87. The van der Waals surface area contributed by atoms with Gasteiger partial charge < -0.3 is 4.90 Å². The summed E-state index contributed by atoms with van der Waals surface area (Å²) in [7, 11) is 0. The summed E-state index contributed by atoms with van der Waals surface area (Å²) in [6.45, 7) is 11.2. The molecule has 0 N–H and O–H groups in total. The van der Waals surface area contributed by atoms with Gasteiger partial charge in [0.25, 0.3) is 0 Å². The Bertz CT molecular complexity index is 901. The molecule has 174 valence electrons. The van der Waals surface area contributed by atoms with Gasteiger partial charge in [0.15, 0.2) is 0 Å². The fourth-order valence-electron chi connectivity index (χ4n) is 4.43. The summed E-state index contributed by atoms with van der Waals surface area (Å²) in [6, 6.07) is 6.36. The van der Waals surface area contributed by atoms with E-state index in [0.717, 1.165) is 42.9 Å². The number of piperazine rings is 1. The molecule has 0 spiro atoms. The number of amides is 1. The van der Waals surface area contributed by atoms with Crippen molar-refractivity contribution in [3.05, 3.63) is 33.8 Å². The summed E-state index contributed by atoms with van der Waals surface area (Å²) in [6.07, 6.45) is 4.43. The van der Waals surface area contributed by atoms with Gasteiger partial charge in [-0.1, -0.05) is 11.6 Å². The number of halogens is 1. The van der Waals surface area contributed by atoms with Crippen molar-refractivity contribution in [1.29, 1.82) is 5.26 Å². The molecule has 1 aromatic rings. The van der Waals surface area contributed by atoms with E-state index in [4.69, 9.17) is 11.6 Å². The molecule has 3 rings (SSSR count). The maximum Gasteiger partial charge on any atom is 0.223 e. The highest BCUT2D eigenvalue weighted by molar-refractivity contribution is 6.30. The molecule has 1 atom stereocenters. The van der Waals surface area contributed by atoms with Gasteiger partial charge in [-0.15, -0.1) is 0 Å². The number of Topliss-reactive ketones (excluding diaryl/α,β-unsaturated/α-hetero) is 1. The molecule has 1 saturated heterocycles. The highest BCUT2D eigenvalue weighted by Gasteiger charge is 2.32. The maximum absolute atomic E-state index is 12.6. The molecule has 0 radical (unpaired) electrons. The van der Waals surface area contributed by atoms with Gasteiger partial charge in [0.1, 0.15) is 5.78 Å². The molecular weight excluding hydrogens is 422 g/mol. The van der Waals surface area contributed by atoms with Gasteiger partial charge in [-0.3, -0.25) is 14.5 Å². The fourth-order valence-corrected chi connectivity index (χ4v) is 4.69. The third kappa shape index (κ3) is 6.80. The van der Waals surface area contributed by atoms with Gasteiger partial charge in [0, 0.05) is 56.5 Å². The van der Waals surface area contributed by atoms with Crippen LogP contribution in [0.3, 0.4) is 0 Å². The number of carbonyl (C=O) groups excluding carboxylic acids is 2. The van der Waals surface area contributed by atoms with Crippen LogP contribution in [0.5, 0.6) is 0 Å². The first-order valence-electron chi connectivity index (χ1n) is 11.8. The monoisotopic (exact) mass is 457 g/mol. The van der Waals surface area contributed by atoms with Gasteiger partial charge in [-0.25, -0.2) is 0 Å². The van der Waals surface area contributed by atoms with Gasteiger partial charge in [0.05, 0.1) is 11.5 Å². The van der Waals surface area contributed by atoms with Crippen LogP contribution in [0, 0.1) is 29.6 Å². The van der Waals surface area contributed by atoms with E-state index in [0.29, 0.717) is 42.5 Å². The average molecular weight is 458 g/mol. The van der Waals surface area contributed by atoms with E-state index in [1.165, 1.54) is 12.8 Å². The molecular formula is C26H36ClN3O2. The summed E-state index contributed by atoms with van der Waals surface area (Å²) in [4.78, 5) is 29.5. The van der Waals surface area contributed by atoms with Gasteiger partial charge in [0.2, 0.25) is 5.91 Å². The lowest BCUT2D eigenvalue weighted by molar-refractivity contribution is -0.136. The van der Waals surface area contributed by atoms with Crippen molar-refractivity contribution in [1.82, 2.24) is 9.80 Å². The summed E-state index contributed by atoms with van der Waals surface area (Å²) in [5, 5.41) is 9.82. The van der Waals surface area contributed by atoms with Gasteiger partial charge in [-0.05, 0) is 81.7 Å². The number of nitriles is 1. The standard InChI is InChI=1S/C26H36ClN3O2/c1-18-15-29(9-10-30(18)25(32)11-20-5-6-20)16-22-13-23(27)12-21(19(22)2)14-24(31)7-8-26(3,4)17-28/h12-13,18,20H,5-11,14-16H2,1-4H3/t18-/m0/s1. The van der Waals surface area contributed by atoms with Crippen molar-refractivity contribution < 1.29 is 9.59 Å². The summed E-state index contributed by atoms with van der Waals surface area (Å²) >= 11 is 6.42. The molecule has 1 heterocycles. The Labute approximate surface area is 197 Å². The molecule has 1 aliphatic carbocycles. The minimum absolute atomic E-state index is 0.140. The molecule has 1 aliphatic heterocycles. The topological polar surface area (TPSA) is 64.4 Å². The molecule has 2 aliphatic rings. The van der Waals surface area contributed by atoms with E-state index in [2.05, 4.69) is 24.8 Å². The zero-order chi connectivity index (χ0) is 23.5. The van der Waals surface area contributed by atoms with E-state index < -0.39 is 5.41 Å².